The molecule has 0 unspecified atom stereocenters. The van der Waals surface area contributed by atoms with Gasteiger partial charge in [-0.25, -0.2) is 0 Å². The van der Waals surface area contributed by atoms with Gasteiger partial charge in [-0.05, 0) is 13.0 Å². The van der Waals surface area contributed by atoms with E-state index in [0.717, 1.165) is 6.07 Å². The van der Waals surface area contributed by atoms with E-state index in [-0.39, 0.29) is 17.1 Å². The Morgan fingerprint density at radius 3 is 2.85 bits per heavy atom. The number of nitro benzene ring substituents is 1. The van der Waals surface area contributed by atoms with E-state index in [1.807, 2.05) is 6.92 Å². The molecule has 2 aromatic rings. The highest BCUT2D eigenvalue weighted by molar-refractivity contribution is 6.04. The number of nitrogens with zero attached hydrogens (tertiary/aromatic N) is 3. The molecule has 0 saturated carbocycles. The Hall–Kier alpha value is -2.90. The molecule has 0 spiro atoms. The summed E-state index contributed by atoms with van der Waals surface area (Å²) in [5.74, 6) is -0.815. The maximum atomic E-state index is 11.9. The van der Waals surface area contributed by atoms with Crippen molar-refractivity contribution >= 4 is 17.3 Å². The normalized spacial score (nSPS) is 10.2. The molecule has 1 aromatic carbocycles. The van der Waals surface area contributed by atoms with Gasteiger partial charge in [-0.2, -0.15) is 5.10 Å². The number of benzene rings is 1. The topological polar surface area (TPSA) is 110 Å². The first kappa shape index (κ1) is 13.5. The van der Waals surface area contributed by atoms with Crippen LogP contribution in [0.5, 0.6) is 5.75 Å². The van der Waals surface area contributed by atoms with Gasteiger partial charge in [0.05, 0.1) is 28.4 Å². The van der Waals surface area contributed by atoms with Crippen molar-refractivity contribution in [3.05, 3.63) is 46.3 Å². The van der Waals surface area contributed by atoms with Gasteiger partial charge in [-0.15, -0.1) is 0 Å². The summed E-state index contributed by atoms with van der Waals surface area (Å²) in [5, 5.41) is 26.6. The van der Waals surface area contributed by atoms with Gasteiger partial charge in [-0.1, -0.05) is 0 Å². The standard InChI is InChI=1S/C12H12N4O4/c1-2-15-7-8(6-13-15)12(18)14-10-4-3-9(16(19)20)5-11(10)17/h3-7,17H,2H2,1H3,(H,14,18). The fourth-order valence-electron chi connectivity index (χ4n) is 1.59. The van der Waals surface area contributed by atoms with Gasteiger partial charge in [0.25, 0.3) is 11.6 Å². The fourth-order valence-corrected chi connectivity index (χ4v) is 1.59. The fraction of sp³-hybridized carbons (Fsp3) is 0.167. The highest BCUT2D eigenvalue weighted by atomic mass is 16.6. The monoisotopic (exact) mass is 276 g/mol. The zero-order chi connectivity index (χ0) is 14.7. The predicted octanol–water partition coefficient (Wildman–Crippen LogP) is 1.77. The lowest BCUT2D eigenvalue weighted by molar-refractivity contribution is -0.384. The van der Waals surface area contributed by atoms with E-state index >= 15 is 0 Å². The number of rotatable bonds is 4. The highest BCUT2D eigenvalue weighted by Crippen LogP contribution is 2.28. The molecule has 1 heterocycles. The van der Waals surface area contributed by atoms with Crippen LogP contribution in [0.25, 0.3) is 0 Å². The van der Waals surface area contributed by atoms with Gasteiger partial charge in [0.15, 0.2) is 0 Å². The Kier molecular flexibility index (Phi) is 3.65. The third-order valence-corrected chi connectivity index (χ3v) is 2.66. The van der Waals surface area contributed by atoms with Crippen LogP contribution in [0, 0.1) is 10.1 Å². The van der Waals surface area contributed by atoms with Gasteiger partial charge in [0, 0.05) is 18.8 Å². The summed E-state index contributed by atoms with van der Waals surface area (Å²) >= 11 is 0. The van der Waals surface area contributed by atoms with E-state index in [1.54, 1.807) is 10.9 Å². The predicted molar refractivity (Wildman–Crippen MR) is 70.6 cm³/mol. The number of aryl methyl sites for hydroxylation is 1. The second-order valence-electron chi connectivity index (χ2n) is 4.00. The molecular formula is C12H12N4O4. The van der Waals surface area contributed by atoms with E-state index in [2.05, 4.69) is 10.4 Å². The van der Waals surface area contributed by atoms with Gasteiger partial charge in [0.2, 0.25) is 0 Å². The smallest absolute Gasteiger partial charge is 0.273 e. The van der Waals surface area contributed by atoms with Crippen LogP contribution in [0.3, 0.4) is 0 Å². The molecule has 0 saturated heterocycles. The van der Waals surface area contributed by atoms with Crippen molar-refractivity contribution in [3.8, 4) is 5.75 Å². The molecule has 0 atom stereocenters. The van der Waals surface area contributed by atoms with Crippen LogP contribution in [-0.4, -0.2) is 25.7 Å². The van der Waals surface area contributed by atoms with Crippen LogP contribution in [0.4, 0.5) is 11.4 Å². The van der Waals surface area contributed by atoms with Crippen molar-refractivity contribution in [2.75, 3.05) is 5.32 Å². The molecule has 8 heteroatoms. The molecule has 104 valence electrons. The minimum atomic E-state index is -0.628. The number of carbonyl (C=O) groups excluding carboxylic acids is 1. The first-order valence-corrected chi connectivity index (χ1v) is 5.82. The molecular weight excluding hydrogens is 264 g/mol. The molecule has 8 nitrogen and oxygen atoms in total. The van der Waals surface area contributed by atoms with Crippen molar-refractivity contribution in [1.29, 1.82) is 0 Å². The third-order valence-electron chi connectivity index (χ3n) is 2.66. The van der Waals surface area contributed by atoms with Crippen LogP contribution in [0.1, 0.15) is 17.3 Å². The molecule has 0 radical (unpaired) electrons. The Labute approximate surface area is 113 Å². The Morgan fingerprint density at radius 2 is 2.30 bits per heavy atom. The van der Waals surface area contributed by atoms with E-state index < -0.39 is 10.8 Å². The summed E-state index contributed by atoms with van der Waals surface area (Å²) in [4.78, 5) is 21.8. The Morgan fingerprint density at radius 1 is 1.55 bits per heavy atom. The summed E-state index contributed by atoms with van der Waals surface area (Å²) in [5.41, 5.74) is 0.189. The van der Waals surface area contributed by atoms with Gasteiger partial charge in [0.1, 0.15) is 5.75 Å². The van der Waals surface area contributed by atoms with E-state index in [9.17, 15) is 20.0 Å². The molecule has 0 aliphatic heterocycles. The number of aromatic hydroxyl groups is 1. The largest absolute Gasteiger partial charge is 0.506 e. The number of hydrogen-bond donors (Lipinski definition) is 2. The zero-order valence-corrected chi connectivity index (χ0v) is 10.6. The average molecular weight is 276 g/mol. The number of nitro groups is 1. The van der Waals surface area contributed by atoms with E-state index in [0.29, 0.717) is 12.1 Å². The third kappa shape index (κ3) is 2.74. The number of amides is 1. The van der Waals surface area contributed by atoms with E-state index in [4.69, 9.17) is 0 Å². The summed E-state index contributed by atoms with van der Waals surface area (Å²) < 4.78 is 1.59. The first-order valence-electron chi connectivity index (χ1n) is 5.82. The number of hydrogen-bond acceptors (Lipinski definition) is 5. The summed E-state index contributed by atoms with van der Waals surface area (Å²) in [6, 6.07) is 3.45. The maximum Gasteiger partial charge on any atom is 0.273 e. The molecule has 2 N–H and O–H groups in total. The molecule has 0 aliphatic carbocycles. The van der Waals surface area contributed by atoms with Gasteiger partial charge < -0.3 is 10.4 Å². The van der Waals surface area contributed by atoms with E-state index in [1.165, 1.54) is 18.3 Å². The van der Waals surface area contributed by atoms with Crippen LogP contribution in [0.2, 0.25) is 0 Å². The number of aromatic nitrogens is 2. The second kappa shape index (κ2) is 5.39. The lowest BCUT2D eigenvalue weighted by Crippen LogP contribution is -2.11. The molecule has 1 aromatic heterocycles. The number of non-ortho nitro benzene ring substituents is 1. The molecule has 2 rings (SSSR count). The zero-order valence-electron chi connectivity index (χ0n) is 10.6. The minimum Gasteiger partial charge on any atom is -0.506 e. The SMILES string of the molecule is CCn1cc(C(=O)Nc2ccc([N+](=O)[O-])cc2O)cn1. The Bertz CT molecular complexity index is 665. The highest BCUT2D eigenvalue weighted by Gasteiger charge is 2.14. The summed E-state index contributed by atoms with van der Waals surface area (Å²) in [6.45, 7) is 2.52. The van der Waals surface area contributed by atoms with Crippen molar-refractivity contribution in [2.24, 2.45) is 0 Å². The van der Waals surface area contributed by atoms with Crippen molar-refractivity contribution < 1.29 is 14.8 Å². The van der Waals surface area contributed by atoms with Gasteiger partial charge >= 0.3 is 0 Å². The van der Waals surface area contributed by atoms with Crippen molar-refractivity contribution in [3.63, 3.8) is 0 Å². The maximum absolute atomic E-state index is 11.9. The van der Waals surface area contributed by atoms with Gasteiger partial charge in [-0.3, -0.25) is 19.6 Å². The average Bonchev–Trinajstić information content (AvgIpc) is 2.89. The van der Waals surface area contributed by atoms with Crippen LogP contribution in [0.15, 0.2) is 30.6 Å². The number of anilines is 1. The quantitative estimate of drug-likeness (QED) is 0.502. The molecule has 0 bridgehead atoms. The molecule has 0 fully saturated rings. The molecule has 0 aliphatic rings. The lowest BCUT2D eigenvalue weighted by atomic mass is 10.2. The van der Waals surface area contributed by atoms with Crippen molar-refractivity contribution in [2.45, 2.75) is 13.5 Å². The Balaban J connectivity index is 2.17. The number of phenolic OH excluding ortho intramolecular Hbond substituents is 1. The molecule has 20 heavy (non-hydrogen) atoms. The lowest BCUT2D eigenvalue weighted by Gasteiger charge is -2.05. The number of phenols is 1. The summed E-state index contributed by atoms with van der Waals surface area (Å²) in [7, 11) is 0. The van der Waals surface area contributed by atoms with Crippen LogP contribution in [-0.2, 0) is 6.54 Å². The number of nitrogens with one attached hydrogen (secondary N) is 1. The van der Waals surface area contributed by atoms with Crippen LogP contribution < -0.4 is 5.32 Å². The first-order chi connectivity index (χ1) is 9.51. The van der Waals surface area contributed by atoms with Crippen molar-refractivity contribution in [1.82, 2.24) is 9.78 Å². The second-order valence-corrected chi connectivity index (χ2v) is 4.00. The minimum absolute atomic E-state index is 0.102. The van der Waals surface area contributed by atoms with Crippen LogP contribution >= 0.6 is 0 Å². The summed E-state index contributed by atoms with van der Waals surface area (Å²) in [6.07, 6.45) is 2.97. The molecule has 1 amide bonds. The number of carbonyl (C=O) groups is 1.